The number of aromatic nitrogens is 2. The van der Waals surface area contributed by atoms with Crippen LogP contribution >= 0.6 is 0 Å². The molecule has 0 saturated heterocycles. The third kappa shape index (κ3) is 3.69. The first-order chi connectivity index (χ1) is 9.94. The zero-order valence-corrected chi connectivity index (χ0v) is 12.8. The van der Waals surface area contributed by atoms with Crippen LogP contribution < -0.4 is 4.72 Å². The number of nitrogens with zero attached hydrogens (tertiary/aromatic N) is 1. The first-order valence-corrected chi connectivity index (χ1v) is 8.13. The van der Waals surface area contributed by atoms with Crippen LogP contribution in [0.4, 0.5) is 0 Å². The lowest BCUT2D eigenvalue weighted by Crippen LogP contribution is -2.34. The fourth-order valence-electron chi connectivity index (χ4n) is 2.27. The zero-order valence-electron chi connectivity index (χ0n) is 12.0. The fourth-order valence-corrected chi connectivity index (χ4v) is 3.87. The molecule has 0 amide bonds. The van der Waals surface area contributed by atoms with E-state index in [1.165, 1.54) is 0 Å². The number of nitrogens with one attached hydrogen (secondary N) is 2. The Morgan fingerprint density at radius 2 is 2.00 bits per heavy atom. The van der Waals surface area contributed by atoms with Crippen LogP contribution in [0.25, 0.3) is 0 Å². The molecule has 0 saturated carbocycles. The van der Waals surface area contributed by atoms with E-state index in [-0.39, 0.29) is 16.6 Å². The van der Waals surface area contributed by atoms with Gasteiger partial charge in [0.25, 0.3) is 0 Å². The topological polar surface area (TPSA) is 95.1 Å². The molecule has 1 aromatic carbocycles. The zero-order chi connectivity index (χ0) is 15.5. The summed E-state index contributed by atoms with van der Waals surface area (Å²) in [6, 6.07) is 9.39. The van der Waals surface area contributed by atoms with Crippen molar-refractivity contribution in [1.29, 1.82) is 0 Å². The third-order valence-corrected chi connectivity index (χ3v) is 4.91. The number of aliphatic hydroxyl groups excluding tert-OH is 1. The number of benzene rings is 1. The summed E-state index contributed by atoms with van der Waals surface area (Å²) in [5.41, 5.74) is 1.60. The maximum Gasteiger partial charge on any atom is 0.244 e. The van der Waals surface area contributed by atoms with Crippen LogP contribution in [0.1, 0.15) is 23.9 Å². The highest BCUT2D eigenvalue weighted by molar-refractivity contribution is 7.89. The van der Waals surface area contributed by atoms with Crippen molar-refractivity contribution < 1.29 is 13.5 Å². The number of sulfonamides is 1. The van der Waals surface area contributed by atoms with E-state index in [1.807, 2.05) is 30.3 Å². The molecular weight excluding hydrogens is 290 g/mol. The molecule has 3 N–H and O–H groups in total. The molecule has 1 aromatic heterocycles. The first-order valence-electron chi connectivity index (χ1n) is 6.65. The Labute approximate surface area is 124 Å². The Morgan fingerprint density at radius 1 is 1.33 bits per heavy atom. The van der Waals surface area contributed by atoms with E-state index in [2.05, 4.69) is 14.9 Å². The molecule has 1 unspecified atom stereocenters. The highest BCUT2D eigenvalue weighted by Crippen LogP contribution is 2.18. The molecule has 21 heavy (non-hydrogen) atoms. The standard InChI is InChI=1S/C14H19N3O3S/c1-10(8-12-6-4-3-5-7-12)17-21(19,20)14-11(2)15-16-13(14)9-18/h3-7,10,17-18H,8-9H2,1-2H3,(H,15,16). The Balaban J connectivity index is 2.15. The third-order valence-electron chi connectivity index (χ3n) is 3.12. The summed E-state index contributed by atoms with van der Waals surface area (Å²) < 4.78 is 27.4. The SMILES string of the molecule is Cc1[nH]nc(CO)c1S(=O)(=O)NC(C)Cc1ccccc1. The largest absolute Gasteiger partial charge is 0.390 e. The molecule has 1 atom stereocenters. The van der Waals surface area contributed by atoms with Crippen molar-refractivity contribution in [2.24, 2.45) is 0 Å². The van der Waals surface area contributed by atoms with Gasteiger partial charge in [0.15, 0.2) is 0 Å². The Bertz CT molecular complexity index is 696. The van der Waals surface area contributed by atoms with E-state index in [0.29, 0.717) is 12.1 Å². The second-order valence-corrected chi connectivity index (χ2v) is 6.65. The van der Waals surface area contributed by atoms with Gasteiger partial charge >= 0.3 is 0 Å². The molecule has 0 aliphatic rings. The van der Waals surface area contributed by atoms with Gasteiger partial charge in [-0.1, -0.05) is 30.3 Å². The molecular formula is C14H19N3O3S. The fraction of sp³-hybridized carbons (Fsp3) is 0.357. The summed E-state index contributed by atoms with van der Waals surface area (Å²) in [7, 11) is -3.71. The van der Waals surface area contributed by atoms with Crippen LogP contribution in [0.2, 0.25) is 0 Å². The van der Waals surface area contributed by atoms with E-state index in [1.54, 1.807) is 13.8 Å². The Kier molecular flexibility index (Phi) is 4.76. The molecule has 0 radical (unpaired) electrons. The minimum absolute atomic E-state index is 0.0323. The van der Waals surface area contributed by atoms with Crippen molar-refractivity contribution in [3.05, 3.63) is 47.3 Å². The number of aromatic amines is 1. The summed E-state index contributed by atoms with van der Waals surface area (Å²) in [4.78, 5) is 0.0323. The minimum Gasteiger partial charge on any atom is -0.390 e. The number of aliphatic hydroxyl groups is 1. The van der Waals surface area contributed by atoms with Crippen molar-refractivity contribution >= 4 is 10.0 Å². The van der Waals surface area contributed by atoms with Gasteiger partial charge in [-0.2, -0.15) is 5.10 Å². The van der Waals surface area contributed by atoms with Gasteiger partial charge < -0.3 is 5.11 Å². The molecule has 0 fully saturated rings. The summed E-state index contributed by atoms with van der Waals surface area (Å²) in [6.07, 6.45) is 0.589. The Morgan fingerprint density at radius 3 is 2.62 bits per heavy atom. The van der Waals surface area contributed by atoms with Crippen molar-refractivity contribution in [3.8, 4) is 0 Å². The van der Waals surface area contributed by atoms with E-state index >= 15 is 0 Å². The molecule has 2 rings (SSSR count). The minimum atomic E-state index is -3.71. The molecule has 0 bridgehead atoms. The summed E-state index contributed by atoms with van der Waals surface area (Å²) >= 11 is 0. The number of H-pyrrole nitrogens is 1. The van der Waals surface area contributed by atoms with Gasteiger partial charge in [-0.15, -0.1) is 0 Å². The average molecular weight is 309 g/mol. The summed E-state index contributed by atoms with van der Waals surface area (Å²) in [6.45, 7) is 2.99. The van der Waals surface area contributed by atoms with Gasteiger partial charge in [-0.3, -0.25) is 5.10 Å². The number of hydrogen-bond acceptors (Lipinski definition) is 4. The normalized spacial score (nSPS) is 13.3. The Hall–Kier alpha value is -1.70. The van der Waals surface area contributed by atoms with Crippen LogP contribution in [0.5, 0.6) is 0 Å². The molecule has 6 nitrogen and oxygen atoms in total. The van der Waals surface area contributed by atoms with Crippen LogP contribution in [0.3, 0.4) is 0 Å². The van der Waals surface area contributed by atoms with E-state index < -0.39 is 16.6 Å². The maximum atomic E-state index is 12.4. The molecule has 0 spiro atoms. The lowest BCUT2D eigenvalue weighted by molar-refractivity contribution is 0.273. The van der Waals surface area contributed by atoms with Crippen molar-refractivity contribution in [1.82, 2.24) is 14.9 Å². The van der Waals surface area contributed by atoms with Crippen molar-refractivity contribution in [2.75, 3.05) is 0 Å². The van der Waals surface area contributed by atoms with E-state index in [4.69, 9.17) is 0 Å². The molecule has 1 heterocycles. The molecule has 2 aromatic rings. The molecule has 114 valence electrons. The smallest absolute Gasteiger partial charge is 0.244 e. The highest BCUT2D eigenvalue weighted by Gasteiger charge is 2.25. The van der Waals surface area contributed by atoms with Gasteiger partial charge in [-0.25, -0.2) is 13.1 Å². The molecule has 7 heteroatoms. The van der Waals surface area contributed by atoms with Crippen LogP contribution in [0.15, 0.2) is 35.2 Å². The molecule has 0 aliphatic carbocycles. The highest BCUT2D eigenvalue weighted by atomic mass is 32.2. The van der Waals surface area contributed by atoms with Gasteiger partial charge in [-0.05, 0) is 25.8 Å². The predicted molar refractivity (Wildman–Crippen MR) is 79.2 cm³/mol. The van der Waals surface area contributed by atoms with Crippen LogP contribution in [-0.2, 0) is 23.1 Å². The van der Waals surface area contributed by atoms with Gasteiger partial charge in [0.1, 0.15) is 10.6 Å². The maximum absolute atomic E-state index is 12.4. The monoisotopic (exact) mass is 309 g/mol. The lowest BCUT2D eigenvalue weighted by atomic mass is 10.1. The predicted octanol–water partition coefficient (Wildman–Crippen LogP) is 1.12. The first kappa shape index (κ1) is 15.7. The van der Waals surface area contributed by atoms with Crippen LogP contribution in [0, 0.1) is 6.92 Å². The van der Waals surface area contributed by atoms with Gasteiger partial charge in [0.05, 0.1) is 12.3 Å². The summed E-state index contributed by atoms with van der Waals surface area (Å²) in [5, 5.41) is 15.6. The molecule has 0 aliphatic heterocycles. The number of hydrogen-bond donors (Lipinski definition) is 3. The van der Waals surface area contributed by atoms with Crippen molar-refractivity contribution in [3.63, 3.8) is 0 Å². The van der Waals surface area contributed by atoms with E-state index in [9.17, 15) is 13.5 Å². The summed E-state index contributed by atoms with van der Waals surface area (Å²) in [5.74, 6) is 0. The second-order valence-electron chi connectivity index (χ2n) is 4.99. The number of rotatable bonds is 6. The second kappa shape index (κ2) is 6.38. The van der Waals surface area contributed by atoms with Crippen LogP contribution in [-0.4, -0.2) is 29.8 Å². The van der Waals surface area contributed by atoms with Gasteiger partial charge in [0.2, 0.25) is 10.0 Å². The average Bonchev–Trinajstić information content (AvgIpc) is 2.81. The lowest BCUT2D eigenvalue weighted by Gasteiger charge is -2.14. The number of aryl methyl sites for hydroxylation is 1. The van der Waals surface area contributed by atoms with Gasteiger partial charge in [0, 0.05) is 6.04 Å². The van der Waals surface area contributed by atoms with E-state index in [0.717, 1.165) is 5.56 Å². The quantitative estimate of drug-likeness (QED) is 0.745. The van der Waals surface area contributed by atoms with Crippen molar-refractivity contribution in [2.45, 2.75) is 37.8 Å².